The van der Waals surface area contributed by atoms with Crippen LogP contribution in [0.25, 0.3) is 10.9 Å². The van der Waals surface area contributed by atoms with E-state index < -0.39 is 0 Å². The zero-order valence-electron chi connectivity index (χ0n) is 15.3. The van der Waals surface area contributed by atoms with Gasteiger partial charge in [0.05, 0.1) is 0 Å². The molecule has 0 saturated carbocycles. The molecule has 0 N–H and O–H groups in total. The van der Waals surface area contributed by atoms with Crippen molar-refractivity contribution in [3.8, 4) is 0 Å². The van der Waals surface area contributed by atoms with Crippen molar-refractivity contribution < 1.29 is 4.79 Å². The minimum atomic E-state index is 0.124. The molecule has 130 valence electrons. The van der Waals surface area contributed by atoms with E-state index in [1.54, 1.807) is 0 Å². The Bertz CT molecular complexity index is 859. The van der Waals surface area contributed by atoms with Crippen molar-refractivity contribution in [2.24, 2.45) is 0 Å². The second kappa shape index (κ2) is 8.15. The van der Waals surface area contributed by atoms with Crippen molar-refractivity contribution >= 4 is 16.7 Å². The van der Waals surface area contributed by atoms with Crippen molar-refractivity contribution in [1.82, 2.24) is 4.57 Å². The number of aromatic nitrogens is 1. The first-order valence-corrected chi connectivity index (χ1v) is 9.40. The summed E-state index contributed by atoms with van der Waals surface area (Å²) in [7, 11) is 0. The van der Waals surface area contributed by atoms with Gasteiger partial charge in [-0.2, -0.15) is 0 Å². The fourth-order valence-corrected chi connectivity index (χ4v) is 3.47. The lowest BCUT2D eigenvalue weighted by molar-refractivity contribution is 0.103. The molecule has 0 amide bonds. The lowest BCUT2D eigenvalue weighted by atomic mass is 9.99. The molecule has 0 aliphatic carbocycles. The summed E-state index contributed by atoms with van der Waals surface area (Å²) in [5.41, 5.74) is 3.81. The van der Waals surface area contributed by atoms with Gasteiger partial charge in [-0.15, -0.1) is 0 Å². The van der Waals surface area contributed by atoms with Gasteiger partial charge in [-0.05, 0) is 25.0 Å². The van der Waals surface area contributed by atoms with Crippen molar-refractivity contribution in [2.75, 3.05) is 0 Å². The maximum absolute atomic E-state index is 13.1. The minimum absolute atomic E-state index is 0.124. The third-order valence-corrected chi connectivity index (χ3v) is 4.93. The molecule has 0 aliphatic heterocycles. The Kier molecular flexibility index (Phi) is 5.70. The summed E-state index contributed by atoms with van der Waals surface area (Å²) in [4.78, 5) is 13.1. The maximum atomic E-state index is 13.1. The van der Waals surface area contributed by atoms with Gasteiger partial charge in [0.1, 0.15) is 0 Å². The predicted octanol–water partition coefficient (Wildman–Crippen LogP) is 6.15. The van der Waals surface area contributed by atoms with E-state index in [-0.39, 0.29) is 5.78 Å². The van der Waals surface area contributed by atoms with Gasteiger partial charge in [0, 0.05) is 34.8 Å². The number of aryl methyl sites for hydroxylation is 2. The molecule has 0 aliphatic rings. The van der Waals surface area contributed by atoms with Crippen LogP contribution in [-0.2, 0) is 6.54 Å². The quantitative estimate of drug-likeness (QED) is 0.358. The smallest absolute Gasteiger partial charge is 0.195 e. The van der Waals surface area contributed by atoms with Gasteiger partial charge < -0.3 is 4.57 Å². The number of nitrogens with zero attached hydrogens (tertiary/aromatic N) is 1. The Morgan fingerprint density at radius 3 is 2.40 bits per heavy atom. The first-order valence-electron chi connectivity index (χ1n) is 9.40. The van der Waals surface area contributed by atoms with Gasteiger partial charge >= 0.3 is 0 Å². The highest BCUT2D eigenvalue weighted by atomic mass is 16.1. The number of fused-ring (bicyclic) bond motifs is 1. The summed E-state index contributed by atoms with van der Waals surface area (Å²) < 4.78 is 2.26. The molecule has 0 fully saturated rings. The first kappa shape index (κ1) is 17.5. The fraction of sp³-hybridized carbons (Fsp3) is 0.348. The summed E-state index contributed by atoms with van der Waals surface area (Å²) in [6.45, 7) is 5.22. The van der Waals surface area contributed by atoms with E-state index in [0.29, 0.717) is 0 Å². The van der Waals surface area contributed by atoms with Crippen LogP contribution in [0.15, 0.2) is 54.7 Å². The van der Waals surface area contributed by atoms with E-state index in [4.69, 9.17) is 0 Å². The molecule has 0 unspecified atom stereocenters. The van der Waals surface area contributed by atoms with Crippen molar-refractivity contribution in [3.05, 3.63) is 71.4 Å². The van der Waals surface area contributed by atoms with E-state index in [1.165, 1.54) is 25.7 Å². The van der Waals surface area contributed by atoms with Crippen molar-refractivity contribution in [2.45, 2.75) is 52.5 Å². The summed E-state index contributed by atoms with van der Waals surface area (Å²) in [6, 6.07) is 16.1. The Hall–Kier alpha value is -2.35. The third-order valence-electron chi connectivity index (χ3n) is 4.93. The molecular weight excluding hydrogens is 306 g/mol. The van der Waals surface area contributed by atoms with E-state index >= 15 is 0 Å². The van der Waals surface area contributed by atoms with Gasteiger partial charge in [-0.1, -0.05) is 75.1 Å². The molecule has 0 saturated heterocycles. The van der Waals surface area contributed by atoms with E-state index in [0.717, 1.165) is 40.6 Å². The van der Waals surface area contributed by atoms with E-state index in [1.807, 2.05) is 37.3 Å². The molecule has 3 aromatic rings. The van der Waals surface area contributed by atoms with Crippen LogP contribution in [0.1, 0.15) is 60.5 Å². The summed E-state index contributed by atoms with van der Waals surface area (Å²) in [5.74, 6) is 0.124. The zero-order valence-corrected chi connectivity index (χ0v) is 15.3. The van der Waals surface area contributed by atoms with Gasteiger partial charge in [0.15, 0.2) is 5.78 Å². The Morgan fingerprint density at radius 1 is 0.880 bits per heavy atom. The molecule has 0 bridgehead atoms. The van der Waals surface area contributed by atoms with Crippen LogP contribution in [0.4, 0.5) is 0 Å². The third kappa shape index (κ3) is 3.84. The number of carbonyl (C=O) groups is 1. The topological polar surface area (TPSA) is 22.0 Å². The summed E-state index contributed by atoms with van der Waals surface area (Å²) >= 11 is 0. The highest BCUT2D eigenvalue weighted by Gasteiger charge is 2.17. The van der Waals surface area contributed by atoms with E-state index in [9.17, 15) is 4.79 Å². The van der Waals surface area contributed by atoms with Gasteiger partial charge in [0.25, 0.3) is 0 Å². The number of unbranched alkanes of at least 4 members (excludes halogenated alkanes) is 4. The SMILES string of the molecule is CCCCCCCn1cc(C(=O)c2ccccc2C)c2ccccc21. The van der Waals surface area contributed by atoms with Gasteiger partial charge in [0.2, 0.25) is 0 Å². The fourth-order valence-electron chi connectivity index (χ4n) is 3.47. The largest absolute Gasteiger partial charge is 0.347 e. The van der Waals surface area contributed by atoms with Crippen molar-refractivity contribution in [3.63, 3.8) is 0 Å². The number of benzene rings is 2. The van der Waals surface area contributed by atoms with Crippen LogP contribution in [-0.4, -0.2) is 10.4 Å². The summed E-state index contributed by atoms with van der Waals surface area (Å²) in [6.07, 6.45) is 8.34. The van der Waals surface area contributed by atoms with Crippen LogP contribution in [0.5, 0.6) is 0 Å². The molecule has 2 aromatic carbocycles. The second-order valence-electron chi connectivity index (χ2n) is 6.81. The molecular formula is C23H27NO. The Balaban J connectivity index is 1.89. The standard InChI is InChI=1S/C23H27NO/c1-3-4-5-6-11-16-24-17-21(20-14-9-10-15-22(20)24)23(25)19-13-8-7-12-18(19)2/h7-10,12-15,17H,3-6,11,16H2,1-2H3. The average molecular weight is 333 g/mol. The number of carbonyl (C=O) groups excluding carboxylic acids is 1. The maximum Gasteiger partial charge on any atom is 0.195 e. The first-order chi connectivity index (χ1) is 12.2. The van der Waals surface area contributed by atoms with Crippen molar-refractivity contribution in [1.29, 1.82) is 0 Å². The molecule has 2 heteroatoms. The Morgan fingerprint density at radius 2 is 1.60 bits per heavy atom. The lowest BCUT2D eigenvalue weighted by Crippen LogP contribution is -2.03. The second-order valence-corrected chi connectivity index (χ2v) is 6.81. The minimum Gasteiger partial charge on any atom is -0.347 e. The predicted molar refractivity (Wildman–Crippen MR) is 105 cm³/mol. The Labute approximate surface area is 150 Å². The molecule has 0 atom stereocenters. The average Bonchev–Trinajstić information content (AvgIpc) is 3.00. The monoisotopic (exact) mass is 333 g/mol. The molecule has 1 heterocycles. The van der Waals surface area contributed by atoms with Crippen LogP contribution < -0.4 is 0 Å². The number of hydrogen-bond acceptors (Lipinski definition) is 1. The number of ketones is 1. The zero-order chi connectivity index (χ0) is 17.6. The summed E-state index contributed by atoms with van der Waals surface area (Å²) in [5, 5.41) is 1.06. The molecule has 0 radical (unpaired) electrons. The molecule has 1 aromatic heterocycles. The van der Waals surface area contributed by atoms with Crippen LogP contribution in [0.2, 0.25) is 0 Å². The van der Waals surface area contributed by atoms with Crippen LogP contribution in [0.3, 0.4) is 0 Å². The molecule has 3 rings (SSSR count). The molecule has 0 spiro atoms. The number of rotatable bonds is 8. The van der Waals surface area contributed by atoms with E-state index in [2.05, 4.69) is 35.9 Å². The van der Waals surface area contributed by atoms with Gasteiger partial charge in [-0.3, -0.25) is 4.79 Å². The van der Waals surface area contributed by atoms with Crippen LogP contribution in [0, 0.1) is 6.92 Å². The lowest BCUT2D eigenvalue weighted by Gasteiger charge is -2.05. The highest BCUT2D eigenvalue weighted by Crippen LogP contribution is 2.25. The molecule has 2 nitrogen and oxygen atoms in total. The normalized spacial score (nSPS) is 11.1. The highest BCUT2D eigenvalue weighted by molar-refractivity contribution is 6.17. The molecule has 25 heavy (non-hydrogen) atoms. The number of para-hydroxylation sites is 1. The van der Waals surface area contributed by atoms with Gasteiger partial charge in [-0.25, -0.2) is 0 Å². The van der Waals surface area contributed by atoms with Crippen LogP contribution >= 0.6 is 0 Å². The number of hydrogen-bond donors (Lipinski definition) is 0.